The molecule has 0 spiro atoms. The van der Waals surface area contributed by atoms with Gasteiger partial charge in [-0.05, 0) is 17.7 Å². The third kappa shape index (κ3) is 3.24. The van der Waals surface area contributed by atoms with E-state index in [2.05, 4.69) is 34.6 Å². The summed E-state index contributed by atoms with van der Waals surface area (Å²) in [4.78, 5) is 4.18. The van der Waals surface area contributed by atoms with Crippen molar-refractivity contribution in [1.82, 2.24) is 4.98 Å². The van der Waals surface area contributed by atoms with Crippen molar-refractivity contribution in [3.63, 3.8) is 0 Å². The quantitative estimate of drug-likeness (QED) is 0.838. The van der Waals surface area contributed by atoms with Crippen LogP contribution in [0.3, 0.4) is 0 Å². The van der Waals surface area contributed by atoms with Gasteiger partial charge in [-0.2, -0.15) is 0 Å². The van der Waals surface area contributed by atoms with E-state index in [1.165, 1.54) is 5.56 Å². The Morgan fingerprint density at radius 1 is 1.00 bits per heavy atom. The first-order valence-electron chi connectivity index (χ1n) is 5.31. The van der Waals surface area contributed by atoms with Gasteiger partial charge in [-0.25, -0.2) is 4.98 Å². The highest BCUT2D eigenvalue weighted by Crippen LogP contribution is 2.02. The first-order chi connectivity index (χ1) is 7.95. The van der Waals surface area contributed by atoms with Crippen molar-refractivity contribution >= 4 is 11.9 Å². The Hall–Kier alpha value is -2.09. The summed E-state index contributed by atoms with van der Waals surface area (Å²) < 4.78 is 0. The summed E-state index contributed by atoms with van der Waals surface area (Å²) in [7, 11) is 0. The molecule has 16 heavy (non-hydrogen) atoms. The lowest BCUT2D eigenvalue weighted by atomic mass is 10.2. The van der Waals surface area contributed by atoms with Gasteiger partial charge in [0.2, 0.25) is 0 Å². The fourth-order valence-electron chi connectivity index (χ4n) is 1.39. The fraction of sp³-hybridized carbons (Fsp3) is 0.0714. The molecule has 2 rings (SSSR count). The zero-order valence-electron chi connectivity index (χ0n) is 9.01. The van der Waals surface area contributed by atoms with Gasteiger partial charge in [0.05, 0.1) is 0 Å². The molecule has 1 aromatic heterocycles. The maximum Gasteiger partial charge on any atom is 0.126 e. The summed E-state index contributed by atoms with van der Waals surface area (Å²) in [6.07, 6.45) is 5.96. The first-order valence-corrected chi connectivity index (χ1v) is 5.31. The molecule has 0 atom stereocenters. The number of anilines is 1. The molecule has 0 aliphatic rings. The predicted octanol–water partition coefficient (Wildman–Crippen LogP) is 3.21. The van der Waals surface area contributed by atoms with Crippen LogP contribution in [-0.2, 0) is 0 Å². The molecule has 0 bridgehead atoms. The number of nitrogens with zero attached hydrogens (tertiary/aromatic N) is 1. The molecule has 0 fully saturated rings. The number of aromatic nitrogens is 1. The number of pyridine rings is 1. The molecule has 0 saturated heterocycles. The highest BCUT2D eigenvalue weighted by atomic mass is 15.0. The van der Waals surface area contributed by atoms with E-state index in [0.29, 0.717) is 0 Å². The minimum atomic E-state index is 0.784. The molecule has 0 saturated carbocycles. The summed E-state index contributed by atoms with van der Waals surface area (Å²) in [6, 6.07) is 16.1. The Balaban J connectivity index is 1.83. The summed E-state index contributed by atoms with van der Waals surface area (Å²) in [5, 5.41) is 3.22. The average molecular weight is 210 g/mol. The van der Waals surface area contributed by atoms with Gasteiger partial charge in [0.1, 0.15) is 5.82 Å². The van der Waals surface area contributed by atoms with Crippen molar-refractivity contribution in [2.24, 2.45) is 0 Å². The molecule has 2 nitrogen and oxygen atoms in total. The second kappa shape index (κ2) is 5.71. The average Bonchev–Trinajstić information content (AvgIpc) is 2.37. The van der Waals surface area contributed by atoms with Crippen molar-refractivity contribution in [2.45, 2.75) is 0 Å². The van der Waals surface area contributed by atoms with E-state index in [-0.39, 0.29) is 0 Å². The molecule has 0 aliphatic carbocycles. The molecule has 80 valence electrons. The molecule has 2 aromatic rings. The molecule has 0 radical (unpaired) electrons. The van der Waals surface area contributed by atoms with Gasteiger partial charge in [-0.3, -0.25) is 0 Å². The van der Waals surface area contributed by atoms with Gasteiger partial charge in [-0.15, -0.1) is 0 Å². The summed E-state index contributed by atoms with van der Waals surface area (Å²) in [5.74, 6) is 0.903. The number of benzene rings is 1. The van der Waals surface area contributed by atoms with E-state index >= 15 is 0 Å². The van der Waals surface area contributed by atoms with Crippen molar-refractivity contribution in [2.75, 3.05) is 11.9 Å². The molecule has 0 unspecified atom stereocenters. The van der Waals surface area contributed by atoms with Crippen LogP contribution >= 0.6 is 0 Å². The Bertz CT molecular complexity index is 435. The van der Waals surface area contributed by atoms with E-state index in [0.717, 1.165) is 12.4 Å². The first kappa shape index (κ1) is 10.4. The summed E-state index contributed by atoms with van der Waals surface area (Å²) in [5.41, 5.74) is 1.21. The van der Waals surface area contributed by atoms with E-state index in [4.69, 9.17) is 0 Å². The van der Waals surface area contributed by atoms with Gasteiger partial charge >= 0.3 is 0 Å². The molecule has 2 heteroatoms. The van der Waals surface area contributed by atoms with E-state index < -0.39 is 0 Å². The number of rotatable bonds is 4. The van der Waals surface area contributed by atoms with E-state index in [9.17, 15) is 0 Å². The van der Waals surface area contributed by atoms with Gasteiger partial charge in [-0.1, -0.05) is 48.6 Å². The standard InChI is InChI=1S/C14H14N2/c1-2-7-13(8-3-1)9-6-12-16-14-10-4-5-11-15-14/h1-11H,12H2,(H,15,16). The molecular weight excluding hydrogens is 196 g/mol. The van der Waals surface area contributed by atoms with Crippen molar-refractivity contribution < 1.29 is 0 Å². The fourth-order valence-corrected chi connectivity index (χ4v) is 1.39. The number of hydrogen-bond donors (Lipinski definition) is 1. The lowest BCUT2D eigenvalue weighted by Crippen LogP contribution is -1.99. The zero-order valence-corrected chi connectivity index (χ0v) is 9.01. The SMILES string of the molecule is C(=Cc1ccccc1)CNc1ccccn1. The van der Waals surface area contributed by atoms with Crippen molar-refractivity contribution in [3.8, 4) is 0 Å². The molecule has 1 aromatic carbocycles. The van der Waals surface area contributed by atoms with Crippen molar-refractivity contribution in [3.05, 3.63) is 66.4 Å². The smallest absolute Gasteiger partial charge is 0.126 e. The maximum absolute atomic E-state index is 4.18. The molecule has 1 heterocycles. The van der Waals surface area contributed by atoms with Crippen molar-refractivity contribution in [1.29, 1.82) is 0 Å². The minimum absolute atomic E-state index is 0.784. The Morgan fingerprint density at radius 3 is 2.56 bits per heavy atom. The third-order valence-electron chi connectivity index (χ3n) is 2.18. The van der Waals surface area contributed by atoms with Crippen LogP contribution in [0.5, 0.6) is 0 Å². The predicted molar refractivity (Wildman–Crippen MR) is 68.2 cm³/mol. The number of nitrogens with one attached hydrogen (secondary N) is 1. The summed E-state index contributed by atoms with van der Waals surface area (Å²) in [6.45, 7) is 0.784. The maximum atomic E-state index is 4.18. The summed E-state index contributed by atoms with van der Waals surface area (Å²) >= 11 is 0. The Kier molecular flexibility index (Phi) is 3.72. The van der Waals surface area contributed by atoms with E-state index in [1.807, 2.05) is 36.4 Å². The lowest BCUT2D eigenvalue weighted by molar-refractivity contribution is 1.23. The van der Waals surface area contributed by atoms with E-state index in [1.54, 1.807) is 6.20 Å². The van der Waals surface area contributed by atoms with Crippen LogP contribution in [-0.4, -0.2) is 11.5 Å². The van der Waals surface area contributed by atoms with Gasteiger partial charge in [0, 0.05) is 12.7 Å². The molecule has 0 aliphatic heterocycles. The van der Waals surface area contributed by atoms with Crippen LogP contribution < -0.4 is 5.32 Å². The minimum Gasteiger partial charge on any atom is -0.367 e. The molecule has 0 amide bonds. The van der Waals surface area contributed by atoms with Crippen LogP contribution in [0.2, 0.25) is 0 Å². The van der Waals surface area contributed by atoms with Crippen LogP contribution in [0, 0.1) is 0 Å². The van der Waals surface area contributed by atoms with Crippen LogP contribution in [0.1, 0.15) is 5.56 Å². The second-order valence-electron chi connectivity index (χ2n) is 3.41. The monoisotopic (exact) mass is 210 g/mol. The normalized spacial score (nSPS) is 10.5. The Morgan fingerprint density at radius 2 is 1.81 bits per heavy atom. The highest BCUT2D eigenvalue weighted by Gasteiger charge is 1.87. The highest BCUT2D eigenvalue weighted by molar-refractivity contribution is 5.49. The van der Waals surface area contributed by atoms with Crippen LogP contribution in [0.15, 0.2) is 60.8 Å². The Labute approximate surface area is 95.7 Å². The second-order valence-corrected chi connectivity index (χ2v) is 3.41. The van der Waals surface area contributed by atoms with Gasteiger partial charge < -0.3 is 5.32 Å². The topological polar surface area (TPSA) is 24.9 Å². The molecular formula is C14H14N2. The van der Waals surface area contributed by atoms with Gasteiger partial charge in [0.25, 0.3) is 0 Å². The van der Waals surface area contributed by atoms with Crippen LogP contribution in [0.25, 0.3) is 6.08 Å². The zero-order chi connectivity index (χ0) is 11.1. The number of hydrogen-bond acceptors (Lipinski definition) is 2. The van der Waals surface area contributed by atoms with Gasteiger partial charge in [0.15, 0.2) is 0 Å². The largest absolute Gasteiger partial charge is 0.367 e. The third-order valence-corrected chi connectivity index (χ3v) is 2.18. The molecule has 1 N–H and O–H groups in total. The van der Waals surface area contributed by atoms with Crippen LogP contribution in [0.4, 0.5) is 5.82 Å². The lowest BCUT2D eigenvalue weighted by Gasteiger charge is -2.00.